The summed E-state index contributed by atoms with van der Waals surface area (Å²) < 4.78 is 24.5. The normalized spacial score (nSPS) is 29.0. The van der Waals surface area contributed by atoms with Gasteiger partial charge in [-0.1, -0.05) is 24.6 Å². The summed E-state index contributed by atoms with van der Waals surface area (Å²) in [7, 11) is -3.09. The molecular formula is C16H24N2O2S. The predicted molar refractivity (Wildman–Crippen MR) is 83.9 cm³/mol. The first-order valence-electron chi connectivity index (χ1n) is 7.91. The van der Waals surface area contributed by atoms with E-state index < -0.39 is 9.84 Å². The first-order chi connectivity index (χ1) is 10.1. The topological polar surface area (TPSA) is 63.4 Å². The molecule has 0 bridgehead atoms. The molecule has 4 nitrogen and oxygen atoms in total. The fraction of sp³-hybridized carbons (Fsp3) is 0.625. The largest absolute Gasteiger partial charge is 0.330 e. The third kappa shape index (κ3) is 2.87. The number of sulfone groups is 1. The van der Waals surface area contributed by atoms with Gasteiger partial charge in [0.1, 0.15) is 0 Å². The van der Waals surface area contributed by atoms with Gasteiger partial charge in [-0.15, -0.1) is 0 Å². The number of likely N-dealkylation sites (tertiary alicyclic amines) is 1. The van der Waals surface area contributed by atoms with Crippen molar-refractivity contribution in [1.82, 2.24) is 4.90 Å². The molecule has 1 aromatic rings. The lowest BCUT2D eigenvalue weighted by Gasteiger charge is -2.43. The van der Waals surface area contributed by atoms with Crippen molar-refractivity contribution in [1.29, 1.82) is 0 Å². The number of hydrogen-bond donors (Lipinski definition) is 1. The molecule has 0 radical (unpaired) electrons. The van der Waals surface area contributed by atoms with Crippen LogP contribution in [0.2, 0.25) is 0 Å². The first kappa shape index (κ1) is 15.0. The fourth-order valence-corrected chi connectivity index (χ4v) is 5.45. The summed E-state index contributed by atoms with van der Waals surface area (Å²) in [6.07, 6.45) is 5.36. The second-order valence-electron chi connectivity index (χ2n) is 6.13. The lowest BCUT2D eigenvalue weighted by atomic mass is 9.93. The van der Waals surface area contributed by atoms with Gasteiger partial charge in [-0.2, -0.15) is 0 Å². The number of nitrogens with two attached hydrogens (primary N) is 1. The highest BCUT2D eigenvalue weighted by Gasteiger charge is 2.36. The van der Waals surface area contributed by atoms with Crippen LogP contribution in [0.1, 0.15) is 43.7 Å². The van der Waals surface area contributed by atoms with E-state index in [1.165, 1.54) is 19.3 Å². The molecule has 3 rings (SSSR count). The number of fused-ring (bicyclic) bond motifs is 1. The highest BCUT2D eigenvalue weighted by atomic mass is 32.2. The molecule has 0 amide bonds. The number of nitrogens with zero attached hydrogens (tertiary/aromatic N) is 1. The molecule has 2 aliphatic rings. The van der Waals surface area contributed by atoms with Crippen LogP contribution in [-0.4, -0.2) is 38.2 Å². The van der Waals surface area contributed by atoms with E-state index in [1.807, 2.05) is 18.2 Å². The van der Waals surface area contributed by atoms with Gasteiger partial charge >= 0.3 is 0 Å². The Bertz CT molecular complexity index is 598. The summed E-state index contributed by atoms with van der Waals surface area (Å²) >= 11 is 0. The molecule has 2 heterocycles. The Morgan fingerprint density at radius 3 is 2.81 bits per heavy atom. The van der Waals surface area contributed by atoms with Crippen LogP contribution in [0.5, 0.6) is 0 Å². The zero-order chi connectivity index (χ0) is 14.9. The Kier molecular flexibility index (Phi) is 4.33. The monoisotopic (exact) mass is 308 g/mol. The lowest BCUT2D eigenvalue weighted by molar-refractivity contribution is 0.0849. The van der Waals surface area contributed by atoms with Gasteiger partial charge in [0, 0.05) is 12.1 Å². The number of benzene rings is 1. The van der Waals surface area contributed by atoms with Crippen LogP contribution >= 0.6 is 0 Å². The Hall–Kier alpha value is -0.910. The van der Waals surface area contributed by atoms with Gasteiger partial charge in [-0.3, -0.25) is 4.90 Å². The molecule has 0 aromatic heterocycles. The minimum Gasteiger partial charge on any atom is -0.330 e. The lowest BCUT2D eigenvalue weighted by Crippen LogP contribution is -2.45. The van der Waals surface area contributed by atoms with E-state index in [4.69, 9.17) is 5.73 Å². The van der Waals surface area contributed by atoms with Crippen molar-refractivity contribution in [3.05, 3.63) is 29.8 Å². The predicted octanol–water partition coefficient (Wildman–Crippen LogP) is 2.11. The molecule has 116 valence electrons. The van der Waals surface area contributed by atoms with E-state index >= 15 is 0 Å². The van der Waals surface area contributed by atoms with Crippen LogP contribution in [0.3, 0.4) is 0 Å². The minimum atomic E-state index is -3.09. The van der Waals surface area contributed by atoms with Crippen LogP contribution in [-0.2, 0) is 9.84 Å². The smallest absolute Gasteiger partial charge is 0.178 e. The molecule has 5 heteroatoms. The van der Waals surface area contributed by atoms with Crippen molar-refractivity contribution in [3.63, 3.8) is 0 Å². The Morgan fingerprint density at radius 2 is 2.00 bits per heavy atom. The Morgan fingerprint density at radius 1 is 1.19 bits per heavy atom. The van der Waals surface area contributed by atoms with Crippen molar-refractivity contribution >= 4 is 9.84 Å². The molecule has 0 spiro atoms. The third-order valence-electron chi connectivity index (χ3n) is 4.85. The molecule has 2 unspecified atom stereocenters. The van der Waals surface area contributed by atoms with Crippen LogP contribution < -0.4 is 5.73 Å². The zero-order valence-corrected chi connectivity index (χ0v) is 13.2. The standard InChI is InChI=1S/C16H24N2O2S/c17-10-8-13-5-3-4-11-18(13)15-9-12-21(19,20)16-7-2-1-6-14(15)16/h1-2,6-7,13,15H,3-5,8-12,17H2. The van der Waals surface area contributed by atoms with E-state index in [0.29, 0.717) is 23.9 Å². The van der Waals surface area contributed by atoms with Gasteiger partial charge in [0.2, 0.25) is 0 Å². The zero-order valence-electron chi connectivity index (χ0n) is 12.4. The molecule has 2 atom stereocenters. The summed E-state index contributed by atoms with van der Waals surface area (Å²) in [5.41, 5.74) is 6.76. The molecule has 1 fully saturated rings. The van der Waals surface area contributed by atoms with E-state index in [0.717, 1.165) is 18.5 Å². The van der Waals surface area contributed by atoms with Crippen molar-refractivity contribution in [2.24, 2.45) is 5.73 Å². The van der Waals surface area contributed by atoms with Crippen LogP contribution in [0.4, 0.5) is 0 Å². The fourth-order valence-electron chi connectivity index (χ4n) is 3.85. The molecule has 1 saturated heterocycles. The summed E-state index contributed by atoms with van der Waals surface area (Å²) in [5, 5.41) is 0. The van der Waals surface area contributed by atoms with E-state index in [2.05, 4.69) is 4.90 Å². The highest BCUT2D eigenvalue weighted by Crippen LogP contribution is 2.39. The molecule has 2 N–H and O–H groups in total. The summed E-state index contributed by atoms with van der Waals surface area (Å²) in [6.45, 7) is 1.76. The Labute approximate surface area is 127 Å². The van der Waals surface area contributed by atoms with Crippen LogP contribution in [0, 0.1) is 0 Å². The minimum absolute atomic E-state index is 0.238. The summed E-state index contributed by atoms with van der Waals surface area (Å²) in [5.74, 6) is 0.264. The first-order valence-corrected chi connectivity index (χ1v) is 9.56. The maximum Gasteiger partial charge on any atom is 0.178 e. The molecule has 1 aromatic carbocycles. The third-order valence-corrected chi connectivity index (χ3v) is 6.66. The number of rotatable bonds is 3. The van der Waals surface area contributed by atoms with E-state index in [1.54, 1.807) is 6.07 Å². The van der Waals surface area contributed by atoms with Gasteiger partial charge < -0.3 is 5.73 Å². The highest BCUT2D eigenvalue weighted by molar-refractivity contribution is 7.91. The average molecular weight is 308 g/mol. The second kappa shape index (κ2) is 6.07. The molecule has 0 aliphatic carbocycles. The maximum absolute atomic E-state index is 12.3. The van der Waals surface area contributed by atoms with E-state index in [-0.39, 0.29) is 11.8 Å². The number of hydrogen-bond acceptors (Lipinski definition) is 4. The SMILES string of the molecule is NCCC1CCCCN1C1CCS(=O)(=O)c2ccccc21. The molecule has 2 aliphatic heterocycles. The molecular weight excluding hydrogens is 284 g/mol. The molecule has 21 heavy (non-hydrogen) atoms. The average Bonchev–Trinajstić information content (AvgIpc) is 2.49. The van der Waals surface area contributed by atoms with E-state index in [9.17, 15) is 8.42 Å². The van der Waals surface area contributed by atoms with Gasteiger partial charge in [0.15, 0.2) is 9.84 Å². The summed E-state index contributed by atoms with van der Waals surface area (Å²) in [4.78, 5) is 3.06. The van der Waals surface area contributed by atoms with Gasteiger partial charge in [0.25, 0.3) is 0 Å². The second-order valence-corrected chi connectivity index (χ2v) is 8.20. The van der Waals surface area contributed by atoms with Crippen LogP contribution in [0.15, 0.2) is 29.2 Å². The van der Waals surface area contributed by atoms with Crippen LogP contribution in [0.25, 0.3) is 0 Å². The van der Waals surface area contributed by atoms with Gasteiger partial charge in [-0.05, 0) is 50.4 Å². The quantitative estimate of drug-likeness (QED) is 0.929. The van der Waals surface area contributed by atoms with Crippen molar-refractivity contribution in [3.8, 4) is 0 Å². The van der Waals surface area contributed by atoms with Crippen molar-refractivity contribution < 1.29 is 8.42 Å². The van der Waals surface area contributed by atoms with Gasteiger partial charge in [-0.25, -0.2) is 8.42 Å². The number of piperidine rings is 1. The maximum atomic E-state index is 12.3. The molecule has 0 saturated carbocycles. The Balaban J connectivity index is 1.95. The van der Waals surface area contributed by atoms with Crippen molar-refractivity contribution in [2.45, 2.75) is 49.1 Å². The van der Waals surface area contributed by atoms with Gasteiger partial charge in [0.05, 0.1) is 10.6 Å². The summed E-state index contributed by atoms with van der Waals surface area (Å²) in [6, 6.07) is 8.27. The van der Waals surface area contributed by atoms with Crippen molar-refractivity contribution in [2.75, 3.05) is 18.8 Å².